The molecule has 0 aliphatic rings. The Balaban J connectivity index is 0.000000606. The fourth-order valence-corrected chi connectivity index (χ4v) is 1.19. The molecule has 0 nitrogen and oxygen atoms in total. The highest BCUT2D eigenvalue weighted by Crippen LogP contribution is 1.98. The molecule has 0 unspecified atom stereocenters. The molecule has 2 aromatic carbocycles. The van der Waals surface area contributed by atoms with Gasteiger partial charge in [0.1, 0.15) is 0 Å². The van der Waals surface area contributed by atoms with Crippen LogP contribution in [0, 0.1) is 11.8 Å². The number of benzene rings is 2. The summed E-state index contributed by atoms with van der Waals surface area (Å²) in [5, 5.41) is 0. The topological polar surface area (TPSA) is 0 Å². The maximum atomic E-state index is 3.53. The van der Waals surface area contributed by atoms with E-state index in [4.69, 9.17) is 0 Å². The van der Waals surface area contributed by atoms with E-state index in [-0.39, 0.29) is 0 Å². The lowest BCUT2D eigenvalue weighted by Crippen LogP contribution is -1.73. The molecule has 0 saturated heterocycles. The lowest BCUT2D eigenvalue weighted by Gasteiger charge is -1.88. The van der Waals surface area contributed by atoms with Crippen LogP contribution in [0.2, 0.25) is 0 Å². The molecule has 0 saturated carbocycles. The van der Waals surface area contributed by atoms with Crippen LogP contribution in [0.5, 0.6) is 0 Å². The van der Waals surface area contributed by atoms with Gasteiger partial charge in [0, 0.05) is 11.1 Å². The molecule has 0 amide bonds. The van der Waals surface area contributed by atoms with Gasteiger partial charge in [-0.3, -0.25) is 0 Å². The molecule has 0 N–H and O–H groups in total. The Morgan fingerprint density at radius 3 is 1.25 bits per heavy atom. The monoisotopic (exact) mass is 226 g/mol. The Labute approximate surface area is 103 Å². The van der Waals surface area contributed by atoms with Crippen molar-refractivity contribution in [3.8, 4) is 11.8 Å². The number of hydrogen-bond donors (Lipinski definition) is 1. The predicted molar refractivity (Wildman–Crippen MR) is 73.8 cm³/mol. The van der Waals surface area contributed by atoms with Crippen molar-refractivity contribution >= 4 is 12.6 Å². The van der Waals surface area contributed by atoms with E-state index in [2.05, 4.69) is 24.5 Å². The van der Waals surface area contributed by atoms with Crippen LogP contribution >= 0.6 is 12.6 Å². The summed E-state index contributed by atoms with van der Waals surface area (Å²) in [5.74, 6) is 6.22. The van der Waals surface area contributed by atoms with Gasteiger partial charge < -0.3 is 0 Å². The van der Waals surface area contributed by atoms with Crippen molar-refractivity contribution < 1.29 is 0 Å². The second-order valence-electron chi connectivity index (χ2n) is 2.98. The largest absolute Gasteiger partial charge is 0.183 e. The van der Waals surface area contributed by atoms with Gasteiger partial charge in [0.15, 0.2) is 0 Å². The van der Waals surface area contributed by atoms with Crippen molar-refractivity contribution in [3.05, 3.63) is 71.8 Å². The fraction of sp³-hybridized carbons (Fsp3) is 0.0667. The first-order valence-corrected chi connectivity index (χ1v) is 5.91. The van der Waals surface area contributed by atoms with E-state index in [1.807, 2.05) is 60.7 Å². The maximum Gasteiger partial charge on any atom is 0.0249 e. The van der Waals surface area contributed by atoms with Gasteiger partial charge >= 0.3 is 0 Å². The van der Waals surface area contributed by atoms with Crippen LogP contribution in [0.4, 0.5) is 0 Å². The Hall–Kier alpha value is -1.65. The molecule has 0 fully saturated rings. The van der Waals surface area contributed by atoms with E-state index in [0.29, 0.717) is 0 Å². The molecule has 80 valence electrons. The van der Waals surface area contributed by atoms with Crippen LogP contribution in [0.25, 0.3) is 0 Å². The smallest absolute Gasteiger partial charge is 0.0249 e. The van der Waals surface area contributed by atoms with Gasteiger partial charge in [-0.05, 0) is 30.5 Å². The zero-order valence-corrected chi connectivity index (χ0v) is 10.1. The average molecular weight is 226 g/mol. The predicted octanol–water partition coefficient (Wildman–Crippen LogP) is 3.63. The maximum absolute atomic E-state index is 3.53. The minimum atomic E-state index is 1.05. The van der Waals surface area contributed by atoms with Gasteiger partial charge in [-0.25, -0.2) is 0 Å². The molecule has 0 bridgehead atoms. The highest BCUT2D eigenvalue weighted by molar-refractivity contribution is 7.79. The molecule has 0 aromatic heterocycles. The average Bonchev–Trinajstić information content (AvgIpc) is 2.41. The molecule has 0 aliphatic heterocycles. The molecule has 0 radical (unpaired) electrons. The molecule has 2 aromatic rings. The van der Waals surface area contributed by atoms with Crippen molar-refractivity contribution in [1.82, 2.24) is 0 Å². The van der Waals surface area contributed by atoms with Gasteiger partial charge in [0.2, 0.25) is 0 Å². The van der Waals surface area contributed by atoms with Crippen molar-refractivity contribution in [3.63, 3.8) is 0 Å². The molecule has 0 aliphatic carbocycles. The van der Waals surface area contributed by atoms with Crippen molar-refractivity contribution in [2.24, 2.45) is 0 Å². The van der Waals surface area contributed by atoms with E-state index in [9.17, 15) is 0 Å². The SMILES string of the molecule is C(#Cc1ccccc1)c1ccccc1.CS. The third-order valence-corrected chi connectivity index (χ3v) is 1.90. The number of rotatable bonds is 0. The Kier molecular flexibility index (Phi) is 5.91. The minimum Gasteiger partial charge on any atom is -0.183 e. The quantitative estimate of drug-likeness (QED) is 0.514. The van der Waals surface area contributed by atoms with Gasteiger partial charge in [-0.15, -0.1) is 0 Å². The Morgan fingerprint density at radius 2 is 0.938 bits per heavy atom. The molecule has 2 rings (SSSR count). The number of hydrogen-bond acceptors (Lipinski definition) is 1. The van der Waals surface area contributed by atoms with Crippen molar-refractivity contribution in [2.75, 3.05) is 6.26 Å². The Bertz CT molecular complexity index is 406. The van der Waals surface area contributed by atoms with Crippen LogP contribution in [-0.4, -0.2) is 6.26 Å². The fourth-order valence-electron chi connectivity index (χ4n) is 1.19. The summed E-state index contributed by atoms with van der Waals surface area (Å²) in [6.07, 6.45) is 1.69. The molecular weight excluding hydrogens is 212 g/mol. The number of thiol groups is 1. The second-order valence-corrected chi connectivity index (χ2v) is 2.98. The van der Waals surface area contributed by atoms with Crippen LogP contribution in [0.1, 0.15) is 11.1 Å². The summed E-state index contributed by atoms with van der Waals surface area (Å²) in [4.78, 5) is 0. The molecule has 0 heterocycles. The summed E-state index contributed by atoms with van der Waals surface area (Å²) in [6, 6.07) is 20.0. The van der Waals surface area contributed by atoms with Crippen molar-refractivity contribution in [2.45, 2.75) is 0 Å². The highest BCUT2D eigenvalue weighted by atomic mass is 32.1. The lowest BCUT2D eigenvalue weighted by atomic mass is 10.2. The third kappa shape index (κ3) is 4.25. The van der Waals surface area contributed by atoms with Gasteiger partial charge in [0.05, 0.1) is 0 Å². The summed E-state index contributed by atoms with van der Waals surface area (Å²) in [5.41, 5.74) is 2.10. The first-order valence-electron chi connectivity index (χ1n) is 5.02. The Morgan fingerprint density at radius 1 is 0.625 bits per heavy atom. The van der Waals surface area contributed by atoms with E-state index < -0.39 is 0 Å². The van der Waals surface area contributed by atoms with E-state index >= 15 is 0 Å². The van der Waals surface area contributed by atoms with E-state index in [1.54, 1.807) is 6.26 Å². The molecule has 0 atom stereocenters. The molecule has 1 heteroatoms. The second kappa shape index (κ2) is 7.62. The molecule has 16 heavy (non-hydrogen) atoms. The zero-order chi connectivity index (χ0) is 11.6. The van der Waals surface area contributed by atoms with Gasteiger partial charge in [0.25, 0.3) is 0 Å². The van der Waals surface area contributed by atoms with Gasteiger partial charge in [-0.1, -0.05) is 48.2 Å². The third-order valence-electron chi connectivity index (χ3n) is 1.90. The lowest BCUT2D eigenvalue weighted by molar-refractivity contribution is 1.62. The van der Waals surface area contributed by atoms with Crippen LogP contribution in [-0.2, 0) is 0 Å². The molecular formula is C15H14S. The zero-order valence-electron chi connectivity index (χ0n) is 9.22. The van der Waals surface area contributed by atoms with Crippen LogP contribution in [0.3, 0.4) is 0 Å². The summed E-state index contributed by atoms with van der Waals surface area (Å²) in [7, 11) is 0. The first kappa shape index (κ1) is 12.4. The molecule has 0 spiro atoms. The summed E-state index contributed by atoms with van der Waals surface area (Å²) >= 11 is 3.53. The van der Waals surface area contributed by atoms with Crippen molar-refractivity contribution in [1.29, 1.82) is 0 Å². The van der Waals surface area contributed by atoms with E-state index in [1.165, 1.54) is 0 Å². The van der Waals surface area contributed by atoms with E-state index in [0.717, 1.165) is 11.1 Å². The summed E-state index contributed by atoms with van der Waals surface area (Å²) in [6.45, 7) is 0. The highest BCUT2D eigenvalue weighted by Gasteiger charge is 1.83. The van der Waals surface area contributed by atoms with Crippen LogP contribution in [0.15, 0.2) is 60.7 Å². The van der Waals surface area contributed by atoms with Crippen LogP contribution < -0.4 is 0 Å². The standard InChI is InChI=1S/C14H10.CH4S/c1-3-7-13(8-4-1)11-12-14-9-5-2-6-10-14;1-2/h1-10H;2H,1H3. The normalized spacial score (nSPS) is 8.12. The summed E-state index contributed by atoms with van der Waals surface area (Å²) < 4.78 is 0. The van der Waals surface area contributed by atoms with Gasteiger partial charge in [-0.2, -0.15) is 12.6 Å². The minimum absolute atomic E-state index is 1.05. The first-order chi connectivity index (χ1) is 7.95.